The van der Waals surface area contributed by atoms with Gasteiger partial charge in [-0.25, -0.2) is 0 Å². The highest BCUT2D eigenvalue weighted by Crippen LogP contribution is 2.33. The van der Waals surface area contributed by atoms with Gasteiger partial charge in [-0.15, -0.1) is 0 Å². The van der Waals surface area contributed by atoms with Crippen molar-refractivity contribution in [3.8, 4) is 0 Å². The van der Waals surface area contributed by atoms with Gasteiger partial charge < -0.3 is 0 Å². The van der Waals surface area contributed by atoms with Crippen LogP contribution in [0.15, 0.2) is 71.8 Å². The van der Waals surface area contributed by atoms with Gasteiger partial charge in [-0.1, -0.05) is 101 Å². The van der Waals surface area contributed by atoms with Crippen molar-refractivity contribution in [1.82, 2.24) is 0 Å². The van der Waals surface area contributed by atoms with Gasteiger partial charge >= 0.3 is 0 Å². The quantitative estimate of drug-likeness (QED) is 0.265. The average molecular weight is 454 g/mol. The van der Waals surface area contributed by atoms with Crippen LogP contribution < -0.4 is 0 Å². The summed E-state index contributed by atoms with van der Waals surface area (Å²) in [5.41, 5.74) is 10.8. The maximum absolute atomic E-state index is 4.92. The summed E-state index contributed by atoms with van der Waals surface area (Å²) in [5, 5.41) is 0. The summed E-state index contributed by atoms with van der Waals surface area (Å²) in [6.07, 6.45) is 12.3. The van der Waals surface area contributed by atoms with E-state index in [2.05, 4.69) is 109 Å². The van der Waals surface area contributed by atoms with Gasteiger partial charge in [-0.2, -0.15) is 0 Å². The van der Waals surface area contributed by atoms with E-state index in [4.69, 9.17) is 4.99 Å². The number of aliphatic imine (C=N–C) groups is 1. The highest BCUT2D eigenvalue weighted by molar-refractivity contribution is 5.82. The van der Waals surface area contributed by atoms with Crippen LogP contribution in [0.5, 0.6) is 0 Å². The molecule has 0 spiro atoms. The van der Waals surface area contributed by atoms with Crippen LogP contribution in [0.4, 0.5) is 0 Å². The second-order valence-corrected chi connectivity index (χ2v) is 10.8. The highest BCUT2D eigenvalue weighted by atomic mass is 14.7. The van der Waals surface area contributed by atoms with Gasteiger partial charge in [0.2, 0.25) is 0 Å². The lowest BCUT2D eigenvalue weighted by molar-refractivity contribution is 0.589. The monoisotopic (exact) mass is 453 g/mol. The van der Waals surface area contributed by atoms with Crippen LogP contribution >= 0.6 is 0 Å². The normalized spacial score (nSPS) is 16.5. The average Bonchev–Trinajstić information content (AvgIpc) is 2.81. The Morgan fingerprint density at radius 1 is 1.12 bits per heavy atom. The minimum atomic E-state index is 0.169. The van der Waals surface area contributed by atoms with E-state index in [0.29, 0.717) is 5.92 Å². The van der Waals surface area contributed by atoms with Crippen LogP contribution in [0.2, 0.25) is 0 Å². The van der Waals surface area contributed by atoms with Gasteiger partial charge in [0.25, 0.3) is 0 Å². The number of nitrogens with zero attached hydrogens (tertiary/aromatic N) is 1. The number of fused-ring (bicyclic) bond motifs is 1. The molecular weight excluding hydrogens is 410 g/mol. The van der Waals surface area contributed by atoms with Gasteiger partial charge in [0.15, 0.2) is 0 Å². The molecule has 0 aromatic heterocycles. The molecule has 0 N–H and O–H groups in total. The third-order valence-corrected chi connectivity index (χ3v) is 7.09. The van der Waals surface area contributed by atoms with Crippen molar-refractivity contribution in [3.63, 3.8) is 0 Å². The van der Waals surface area contributed by atoms with Crippen molar-refractivity contribution in [2.24, 2.45) is 4.99 Å². The second-order valence-electron chi connectivity index (χ2n) is 10.8. The summed E-state index contributed by atoms with van der Waals surface area (Å²) in [6.45, 7) is 18.7. The third-order valence-electron chi connectivity index (χ3n) is 7.09. The molecule has 1 aliphatic carbocycles. The second kappa shape index (κ2) is 11.6. The van der Waals surface area contributed by atoms with Crippen molar-refractivity contribution >= 4 is 17.4 Å². The zero-order chi connectivity index (χ0) is 24.7. The molecule has 0 aliphatic heterocycles. The smallest absolute Gasteiger partial charge is 0.0425 e. The maximum atomic E-state index is 4.92. The first kappa shape index (κ1) is 25.9. The van der Waals surface area contributed by atoms with Crippen molar-refractivity contribution in [2.75, 3.05) is 6.54 Å². The molecule has 1 nitrogen and oxygen atoms in total. The number of hydrogen-bond acceptors (Lipinski definition) is 1. The predicted molar refractivity (Wildman–Crippen MR) is 152 cm³/mol. The van der Waals surface area contributed by atoms with Crippen LogP contribution in [0.25, 0.3) is 11.6 Å². The standard InChI is InChI=1S/C33H43N/c1-8-27(22-24(2)31-19-18-30(23-25(31)3)33(5,6)7)20-21-34-26(4)16-17-29-14-11-13-28-12-9-10-15-32(28)29/h9-13,15,18-19,22-23,29H,2,8,14,16-17,20-21H2,1,3-7H3/b27-22+,34-26?. The van der Waals surface area contributed by atoms with E-state index in [1.807, 2.05) is 0 Å². The van der Waals surface area contributed by atoms with Crippen LogP contribution in [0, 0.1) is 6.92 Å². The Morgan fingerprint density at radius 3 is 2.59 bits per heavy atom. The molecule has 0 heterocycles. The summed E-state index contributed by atoms with van der Waals surface area (Å²) in [4.78, 5) is 4.92. The highest BCUT2D eigenvalue weighted by Gasteiger charge is 2.17. The summed E-state index contributed by atoms with van der Waals surface area (Å²) >= 11 is 0. The molecule has 1 heteroatoms. The van der Waals surface area contributed by atoms with Crippen LogP contribution in [0.1, 0.15) is 100 Å². The molecule has 0 amide bonds. The molecular formula is C33H43N. The Balaban J connectivity index is 1.55. The molecule has 1 unspecified atom stereocenters. The van der Waals surface area contributed by atoms with E-state index in [1.54, 1.807) is 0 Å². The third kappa shape index (κ3) is 6.92. The fourth-order valence-corrected chi connectivity index (χ4v) is 4.81. The van der Waals surface area contributed by atoms with E-state index < -0.39 is 0 Å². The van der Waals surface area contributed by atoms with E-state index >= 15 is 0 Å². The van der Waals surface area contributed by atoms with Crippen LogP contribution in [-0.4, -0.2) is 12.3 Å². The molecule has 0 saturated carbocycles. The fourth-order valence-electron chi connectivity index (χ4n) is 4.81. The minimum Gasteiger partial charge on any atom is -0.294 e. The van der Waals surface area contributed by atoms with Gasteiger partial charge in [0.1, 0.15) is 0 Å². The summed E-state index contributed by atoms with van der Waals surface area (Å²) in [7, 11) is 0. The first-order valence-electron chi connectivity index (χ1n) is 12.9. The molecule has 1 atom stereocenters. The van der Waals surface area contributed by atoms with Crippen molar-refractivity contribution in [1.29, 1.82) is 0 Å². The molecule has 0 saturated heterocycles. The lowest BCUT2D eigenvalue weighted by atomic mass is 9.84. The Hall–Kier alpha value is -2.67. The Kier molecular flexibility index (Phi) is 8.89. The number of hydrogen-bond donors (Lipinski definition) is 0. The predicted octanol–water partition coefficient (Wildman–Crippen LogP) is 9.47. The van der Waals surface area contributed by atoms with Gasteiger partial charge in [-0.05, 0) is 90.7 Å². The molecule has 0 bridgehead atoms. The lowest BCUT2D eigenvalue weighted by Crippen LogP contribution is -2.11. The van der Waals surface area contributed by atoms with Crippen molar-refractivity contribution in [2.45, 2.75) is 85.0 Å². The zero-order valence-electron chi connectivity index (χ0n) is 22.2. The molecule has 180 valence electrons. The fraction of sp³-hybridized carbons (Fsp3) is 0.424. The maximum Gasteiger partial charge on any atom is 0.0425 e. The number of benzene rings is 2. The topological polar surface area (TPSA) is 12.4 Å². The first-order valence-corrected chi connectivity index (χ1v) is 12.9. The molecule has 34 heavy (non-hydrogen) atoms. The van der Waals surface area contributed by atoms with Crippen LogP contribution in [-0.2, 0) is 5.41 Å². The Labute approximate surface area is 208 Å². The Bertz CT molecular complexity index is 1090. The van der Waals surface area contributed by atoms with Gasteiger partial charge in [0, 0.05) is 12.3 Å². The van der Waals surface area contributed by atoms with Crippen LogP contribution in [0.3, 0.4) is 0 Å². The largest absolute Gasteiger partial charge is 0.294 e. The first-order chi connectivity index (χ1) is 16.2. The molecule has 2 aromatic carbocycles. The summed E-state index contributed by atoms with van der Waals surface area (Å²) in [5.74, 6) is 0.619. The minimum absolute atomic E-state index is 0.169. The molecule has 1 aliphatic rings. The Morgan fingerprint density at radius 2 is 1.88 bits per heavy atom. The van der Waals surface area contributed by atoms with E-state index in [-0.39, 0.29) is 5.41 Å². The molecule has 3 rings (SSSR count). The van der Waals surface area contributed by atoms with Gasteiger partial charge in [0.05, 0.1) is 0 Å². The summed E-state index contributed by atoms with van der Waals surface area (Å²) in [6, 6.07) is 15.6. The lowest BCUT2D eigenvalue weighted by Gasteiger charge is -2.21. The number of allylic oxidation sites excluding steroid dienone is 3. The SMILES string of the molecule is C=C(/C=C(\CC)CCN=C(C)CCC1CC=Cc2ccccc21)c1ccc(C(C)(C)C)cc1C. The summed E-state index contributed by atoms with van der Waals surface area (Å²) < 4.78 is 0. The van der Waals surface area contributed by atoms with E-state index in [0.717, 1.165) is 37.8 Å². The molecule has 0 fully saturated rings. The van der Waals surface area contributed by atoms with E-state index in [9.17, 15) is 0 Å². The number of aryl methyl sites for hydroxylation is 1. The zero-order valence-corrected chi connectivity index (χ0v) is 22.2. The van der Waals surface area contributed by atoms with Gasteiger partial charge in [-0.3, -0.25) is 4.99 Å². The number of rotatable bonds is 9. The van der Waals surface area contributed by atoms with Crippen molar-refractivity contribution < 1.29 is 0 Å². The van der Waals surface area contributed by atoms with E-state index in [1.165, 1.54) is 45.5 Å². The molecule has 2 aromatic rings. The molecule has 0 radical (unpaired) electrons. The van der Waals surface area contributed by atoms with Crippen molar-refractivity contribution in [3.05, 3.63) is 94.6 Å².